The number of rotatable bonds is 5. The van der Waals surface area contributed by atoms with Crippen LogP contribution in [0.15, 0.2) is 0 Å². The highest BCUT2D eigenvalue weighted by molar-refractivity contribution is 6.32. The van der Waals surface area contributed by atoms with Crippen LogP contribution in [-0.4, -0.2) is 30.8 Å². The van der Waals surface area contributed by atoms with Crippen LogP contribution < -0.4 is 0 Å². The number of nitrogens with zero attached hydrogens (tertiary/aromatic N) is 2. The highest BCUT2D eigenvalue weighted by Gasteiger charge is 2.09. The zero-order chi connectivity index (χ0) is 9.40. The van der Waals surface area contributed by atoms with E-state index >= 15 is 0 Å². The topological polar surface area (TPSA) is 107 Å². The summed E-state index contributed by atoms with van der Waals surface area (Å²) in [6.07, 6.45) is 0. The number of ether oxygens (including phenoxy) is 1. The first kappa shape index (κ1) is 10.9. The molecule has 7 heteroatoms. The van der Waals surface area contributed by atoms with Crippen LogP contribution in [0.25, 0.3) is 0 Å². The Morgan fingerprint density at radius 1 is 1.33 bits per heavy atom. The van der Waals surface area contributed by atoms with Gasteiger partial charge in [-0.2, -0.15) is 10.5 Å². The highest BCUT2D eigenvalue weighted by atomic mass is 16.7. The van der Waals surface area contributed by atoms with Crippen molar-refractivity contribution in [1.29, 1.82) is 10.5 Å². The van der Waals surface area contributed by atoms with Gasteiger partial charge < -0.3 is 19.4 Å². The lowest BCUT2D eigenvalue weighted by atomic mass is 10.2. The van der Waals surface area contributed by atoms with E-state index in [0.29, 0.717) is 0 Å². The van der Waals surface area contributed by atoms with E-state index in [-0.39, 0.29) is 13.4 Å². The normalized spacial score (nSPS) is 9.08. The van der Waals surface area contributed by atoms with E-state index in [1.165, 1.54) is 0 Å². The van der Waals surface area contributed by atoms with Gasteiger partial charge in [-0.1, -0.05) is 0 Å². The predicted molar refractivity (Wildman–Crippen MR) is 36.8 cm³/mol. The molecule has 0 amide bonds. The monoisotopic (exact) mass is 170 g/mol. The molecule has 0 unspecified atom stereocenters. The fourth-order valence-electron chi connectivity index (χ4n) is 0.378. The van der Waals surface area contributed by atoms with Crippen molar-refractivity contribution in [3.8, 4) is 12.1 Å². The van der Waals surface area contributed by atoms with Gasteiger partial charge in [-0.05, 0) is 0 Å². The van der Waals surface area contributed by atoms with E-state index in [4.69, 9.17) is 20.6 Å². The average Bonchev–Trinajstić information content (AvgIpc) is 2.04. The van der Waals surface area contributed by atoms with E-state index in [1.54, 1.807) is 12.1 Å². The lowest BCUT2D eigenvalue weighted by Crippen LogP contribution is -2.20. The van der Waals surface area contributed by atoms with Crippen molar-refractivity contribution in [2.75, 3.05) is 13.4 Å². The Kier molecular flexibility index (Phi) is 5.97. The molecule has 0 aromatic carbocycles. The number of nitriles is 2. The second kappa shape index (κ2) is 6.59. The smallest absolute Gasteiger partial charge is 0.402 e. The quantitative estimate of drug-likeness (QED) is 0.298. The molecule has 0 saturated heterocycles. The largest absolute Gasteiger partial charge is 0.635 e. The van der Waals surface area contributed by atoms with Gasteiger partial charge in [0.1, 0.15) is 6.79 Å². The molecule has 0 spiro atoms. The van der Waals surface area contributed by atoms with E-state index in [9.17, 15) is 0 Å². The standard InChI is InChI=1S/C5H7BN2O4/c7-1-5(2-8)3-11-4-12-6(9)10/h5,9-10H,3-4H2. The molecular weight excluding hydrogens is 163 g/mol. The van der Waals surface area contributed by atoms with Crippen molar-refractivity contribution >= 4 is 7.32 Å². The van der Waals surface area contributed by atoms with Crippen LogP contribution in [0.5, 0.6) is 0 Å². The maximum Gasteiger partial charge on any atom is 0.635 e. The van der Waals surface area contributed by atoms with Crippen molar-refractivity contribution in [2.45, 2.75) is 0 Å². The third-order valence-electron chi connectivity index (χ3n) is 0.897. The van der Waals surface area contributed by atoms with Crippen molar-refractivity contribution in [3.63, 3.8) is 0 Å². The van der Waals surface area contributed by atoms with E-state index in [1.807, 2.05) is 0 Å². The molecule has 0 aromatic heterocycles. The summed E-state index contributed by atoms with van der Waals surface area (Å²) < 4.78 is 8.75. The van der Waals surface area contributed by atoms with Crippen molar-refractivity contribution in [1.82, 2.24) is 0 Å². The van der Waals surface area contributed by atoms with Gasteiger partial charge in [0, 0.05) is 0 Å². The Bertz CT molecular complexity index is 183. The minimum absolute atomic E-state index is 0.111. The Hall–Kier alpha value is -1.12. The molecule has 0 aliphatic heterocycles. The number of hydrogen-bond donors (Lipinski definition) is 2. The SMILES string of the molecule is N#CC(C#N)COCOB(O)O. The molecule has 0 rings (SSSR count). The molecule has 0 atom stereocenters. The first-order valence-corrected chi connectivity index (χ1v) is 3.05. The second-order valence-corrected chi connectivity index (χ2v) is 1.79. The van der Waals surface area contributed by atoms with Crippen LogP contribution >= 0.6 is 0 Å². The molecule has 0 bridgehead atoms. The van der Waals surface area contributed by atoms with Crippen molar-refractivity contribution in [2.24, 2.45) is 5.92 Å². The summed E-state index contributed by atoms with van der Waals surface area (Å²) in [5.74, 6) is -0.857. The van der Waals surface area contributed by atoms with Crippen LogP contribution in [0.4, 0.5) is 0 Å². The lowest BCUT2D eigenvalue weighted by Gasteiger charge is -2.03. The van der Waals surface area contributed by atoms with Gasteiger partial charge in [-0.25, -0.2) is 0 Å². The molecule has 12 heavy (non-hydrogen) atoms. The highest BCUT2D eigenvalue weighted by Crippen LogP contribution is 1.92. The fraction of sp³-hybridized carbons (Fsp3) is 0.600. The fourth-order valence-corrected chi connectivity index (χ4v) is 0.378. The molecular formula is C5H7BN2O4. The minimum Gasteiger partial charge on any atom is -0.402 e. The third-order valence-corrected chi connectivity index (χ3v) is 0.897. The Labute approximate surface area is 69.7 Å². The molecule has 0 fully saturated rings. The van der Waals surface area contributed by atoms with Gasteiger partial charge in [0.15, 0.2) is 5.92 Å². The maximum atomic E-state index is 8.24. The molecule has 0 saturated carbocycles. The molecule has 6 nitrogen and oxygen atoms in total. The van der Waals surface area contributed by atoms with Crippen LogP contribution in [0.1, 0.15) is 0 Å². The second-order valence-electron chi connectivity index (χ2n) is 1.79. The van der Waals surface area contributed by atoms with E-state index < -0.39 is 13.2 Å². The predicted octanol–water partition coefficient (Wildman–Crippen LogP) is -1.39. The zero-order valence-corrected chi connectivity index (χ0v) is 6.17. The third kappa shape index (κ3) is 5.65. The van der Waals surface area contributed by atoms with Gasteiger partial charge in [-0.15, -0.1) is 0 Å². The molecule has 0 heterocycles. The van der Waals surface area contributed by atoms with Crippen LogP contribution in [0.2, 0.25) is 0 Å². The molecule has 0 aliphatic rings. The molecule has 64 valence electrons. The van der Waals surface area contributed by atoms with Gasteiger partial charge in [0.2, 0.25) is 0 Å². The Morgan fingerprint density at radius 3 is 2.33 bits per heavy atom. The zero-order valence-electron chi connectivity index (χ0n) is 6.17. The lowest BCUT2D eigenvalue weighted by molar-refractivity contribution is -0.0143. The van der Waals surface area contributed by atoms with E-state index in [0.717, 1.165) is 0 Å². The Morgan fingerprint density at radius 2 is 1.92 bits per heavy atom. The Balaban J connectivity index is 3.33. The van der Waals surface area contributed by atoms with Gasteiger partial charge >= 0.3 is 7.32 Å². The minimum atomic E-state index is -1.90. The summed E-state index contributed by atoms with van der Waals surface area (Å²) in [6.45, 7) is -0.475. The average molecular weight is 170 g/mol. The first-order valence-electron chi connectivity index (χ1n) is 3.05. The van der Waals surface area contributed by atoms with Gasteiger partial charge in [0.05, 0.1) is 18.7 Å². The first-order chi connectivity index (χ1) is 5.70. The van der Waals surface area contributed by atoms with Crippen molar-refractivity contribution < 1.29 is 19.4 Å². The molecule has 0 aromatic rings. The summed E-state index contributed by atoms with van der Waals surface area (Å²) in [5, 5.41) is 32.8. The maximum absolute atomic E-state index is 8.24. The summed E-state index contributed by atoms with van der Waals surface area (Å²) in [4.78, 5) is 0. The summed E-state index contributed by atoms with van der Waals surface area (Å²) in [6, 6.07) is 3.35. The van der Waals surface area contributed by atoms with Crippen LogP contribution in [0, 0.1) is 28.6 Å². The molecule has 2 N–H and O–H groups in total. The summed E-state index contributed by atoms with van der Waals surface area (Å²) >= 11 is 0. The van der Waals surface area contributed by atoms with E-state index in [2.05, 4.69) is 9.39 Å². The van der Waals surface area contributed by atoms with Gasteiger partial charge in [0.25, 0.3) is 0 Å². The number of hydrogen-bond acceptors (Lipinski definition) is 6. The van der Waals surface area contributed by atoms with Crippen LogP contribution in [-0.2, 0) is 9.39 Å². The summed E-state index contributed by atoms with van der Waals surface area (Å²) in [7, 11) is -1.90. The molecule has 0 aliphatic carbocycles. The molecule has 0 radical (unpaired) electrons. The summed E-state index contributed by atoms with van der Waals surface area (Å²) in [5.41, 5.74) is 0. The van der Waals surface area contributed by atoms with Crippen LogP contribution in [0.3, 0.4) is 0 Å². The van der Waals surface area contributed by atoms with Crippen molar-refractivity contribution in [3.05, 3.63) is 0 Å². The van der Waals surface area contributed by atoms with Gasteiger partial charge in [-0.3, -0.25) is 0 Å².